The van der Waals surface area contributed by atoms with Gasteiger partial charge in [0.05, 0.1) is 12.0 Å². The Labute approximate surface area is 149 Å². The van der Waals surface area contributed by atoms with E-state index in [2.05, 4.69) is 53.4 Å². The van der Waals surface area contributed by atoms with E-state index in [9.17, 15) is 9.59 Å². The van der Waals surface area contributed by atoms with Crippen LogP contribution in [0, 0.1) is 5.92 Å². The molecular formula is C16H27NO3S2Si. The summed E-state index contributed by atoms with van der Waals surface area (Å²) in [5, 5.41) is -0.234. The van der Waals surface area contributed by atoms with E-state index in [1.807, 2.05) is 6.92 Å². The lowest BCUT2D eigenvalue weighted by Crippen LogP contribution is -2.63. The van der Waals surface area contributed by atoms with Gasteiger partial charge in [-0.15, -0.1) is 11.8 Å². The van der Waals surface area contributed by atoms with Crippen LogP contribution >= 0.6 is 24.4 Å². The molecule has 2 rings (SSSR count). The van der Waals surface area contributed by atoms with E-state index in [0.29, 0.717) is 5.70 Å². The highest BCUT2D eigenvalue weighted by Crippen LogP contribution is 2.52. The van der Waals surface area contributed by atoms with Crippen LogP contribution in [0.4, 0.5) is 0 Å². The third kappa shape index (κ3) is 3.17. The predicted octanol–water partition coefficient (Wildman–Crippen LogP) is 4.01. The van der Waals surface area contributed by atoms with Crippen molar-refractivity contribution in [3.63, 3.8) is 0 Å². The molecular weight excluding hydrogens is 346 g/mol. The summed E-state index contributed by atoms with van der Waals surface area (Å²) in [6.45, 7) is 15.0. The number of amides is 1. The molecule has 3 atom stereocenters. The first-order valence-corrected chi connectivity index (χ1v) is 12.3. The summed E-state index contributed by atoms with van der Waals surface area (Å²) in [7, 11) is -1.94. The van der Waals surface area contributed by atoms with Gasteiger partial charge in [-0.2, -0.15) is 0 Å². The molecule has 1 saturated heterocycles. The number of fused-ring (bicyclic) bond motifs is 1. The van der Waals surface area contributed by atoms with Crippen molar-refractivity contribution in [3.05, 3.63) is 10.6 Å². The summed E-state index contributed by atoms with van der Waals surface area (Å²) in [5.41, 5.74) is 0.451. The smallest absolute Gasteiger partial charge is 0.236 e. The highest BCUT2D eigenvalue weighted by Gasteiger charge is 2.58. The van der Waals surface area contributed by atoms with Crippen LogP contribution in [0.5, 0.6) is 0 Å². The lowest BCUT2D eigenvalue weighted by molar-refractivity contribution is -0.153. The molecule has 0 aromatic rings. The Balaban J connectivity index is 2.18. The van der Waals surface area contributed by atoms with Gasteiger partial charge in [-0.1, -0.05) is 40.3 Å². The van der Waals surface area contributed by atoms with Crippen LogP contribution in [0.25, 0.3) is 0 Å². The van der Waals surface area contributed by atoms with Gasteiger partial charge in [-0.3, -0.25) is 14.5 Å². The topological polar surface area (TPSA) is 46.6 Å². The van der Waals surface area contributed by atoms with Crippen LogP contribution in [-0.4, -0.2) is 35.7 Å². The standard InChI is InChI=1S/C16H27NO3S2Si/c1-8-10(20-23(6,7)16(3,4)5)11-13(18)17-12(15(19)21)9(2)22-14(11)17/h10-11,14H,8H2,1-7H3,(H,19,21)/t10-,11+,14+/m0/s1. The van der Waals surface area contributed by atoms with Gasteiger partial charge in [-0.05, 0) is 31.5 Å². The Kier molecular flexibility index (Phi) is 5.18. The summed E-state index contributed by atoms with van der Waals surface area (Å²) in [6.07, 6.45) is 0.719. The second-order valence-electron chi connectivity index (χ2n) is 7.78. The molecule has 0 aromatic heterocycles. The number of thiol groups is 1. The number of hydrogen-bond acceptors (Lipinski definition) is 4. The van der Waals surface area contributed by atoms with Crippen molar-refractivity contribution in [3.8, 4) is 0 Å². The molecule has 0 radical (unpaired) electrons. The van der Waals surface area contributed by atoms with Gasteiger partial charge in [-0.25, -0.2) is 0 Å². The zero-order chi connectivity index (χ0) is 17.7. The van der Waals surface area contributed by atoms with Gasteiger partial charge in [0.2, 0.25) is 11.0 Å². The van der Waals surface area contributed by atoms with E-state index >= 15 is 0 Å². The average molecular weight is 374 g/mol. The molecule has 0 aliphatic carbocycles. The summed E-state index contributed by atoms with van der Waals surface area (Å²) >= 11 is 5.50. The molecule has 23 heavy (non-hydrogen) atoms. The molecule has 4 nitrogen and oxygen atoms in total. The maximum atomic E-state index is 12.7. The monoisotopic (exact) mass is 373 g/mol. The van der Waals surface area contributed by atoms with Crippen molar-refractivity contribution < 1.29 is 14.0 Å². The summed E-state index contributed by atoms with van der Waals surface area (Å²) in [6, 6.07) is 0. The highest BCUT2D eigenvalue weighted by molar-refractivity contribution is 8.04. The second-order valence-corrected chi connectivity index (χ2v) is 14.3. The largest absolute Gasteiger partial charge is 0.413 e. The zero-order valence-corrected chi connectivity index (χ0v) is 17.7. The van der Waals surface area contributed by atoms with Crippen LogP contribution in [-0.2, 0) is 14.0 Å². The third-order valence-corrected chi connectivity index (χ3v) is 11.2. The Hall–Kier alpha value is -0.243. The Morgan fingerprint density at radius 1 is 1.43 bits per heavy atom. The fraction of sp³-hybridized carbons (Fsp3) is 0.750. The number of carbonyl (C=O) groups excluding carboxylic acids is 2. The summed E-state index contributed by atoms with van der Waals surface area (Å²) < 4.78 is 6.52. The molecule has 0 aromatic carbocycles. The molecule has 0 unspecified atom stereocenters. The first-order chi connectivity index (χ1) is 10.4. The van der Waals surface area contributed by atoms with Gasteiger partial charge in [0.25, 0.3) is 0 Å². The predicted molar refractivity (Wildman–Crippen MR) is 101 cm³/mol. The minimum Gasteiger partial charge on any atom is -0.413 e. The number of thioether (sulfide) groups is 1. The fourth-order valence-corrected chi connectivity index (χ4v) is 6.01. The molecule has 0 spiro atoms. The summed E-state index contributed by atoms with van der Waals surface area (Å²) in [5.74, 6) is -0.165. The van der Waals surface area contributed by atoms with Gasteiger partial charge in [0.1, 0.15) is 11.1 Å². The van der Waals surface area contributed by atoms with Crippen molar-refractivity contribution in [1.29, 1.82) is 0 Å². The Morgan fingerprint density at radius 3 is 2.43 bits per heavy atom. The van der Waals surface area contributed by atoms with E-state index < -0.39 is 8.32 Å². The number of β-lactam (4-membered cyclic amide) rings is 1. The molecule has 0 saturated carbocycles. The van der Waals surface area contributed by atoms with Gasteiger partial charge < -0.3 is 4.43 Å². The fourth-order valence-electron chi connectivity index (χ4n) is 2.82. The van der Waals surface area contributed by atoms with Crippen molar-refractivity contribution in [2.24, 2.45) is 5.92 Å². The van der Waals surface area contributed by atoms with Gasteiger partial charge in [0, 0.05) is 4.91 Å². The minimum absolute atomic E-state index is 0.00214. The molecule has 0 N–H and O–H groups in total. The van der Waals surface area contributed by atoms with Crippen molar-refractivity contribution >= 4 is 43.7 Å². The van der Waals surface area contributed by atoms with E-state index in [1.54, 1.807) is 16.7 Å². The Bertz CT molecular complexity index is 568. The molecule has 7 heteroatoms. The number of nitrogens with zero attached hydrogens (tertiary/aromatic N) is 1. The highest BCUT2D eigenvalue weighted by atomic mass is 32.2. The molecule has 1 amide bonds. The lowest BCUT2D eigenvalue weighted by atomic mass is 9.90. The quantitative estimate of drug-likeness (QED) is 0.449. The summed E-state index contributed by atoms with van der Waals surface area (Å²) in [4.78, 5) is 26.8. The van der Waals surface area contributed by atoms with E-state index in [-0.39, 0.29) is 33.5 Å². The maximum Gasteiger partial charge on any atom is 0.236 e. The normalized spacial score (nSPS) is 26.3. The number of hydrogen-bond donors (Lipinski definition) is 1. The van der Waals surface area contributed by atoms with Crippen molar-refractivity contribution in [2.45, 2.75) is 70.6 Å². The van der Waals surface area contributed by atoms with Gasteiger partial charge >= 0.3 is 0 Å². The van der Waals surface area contributed by atoms with E-state index in [1.165, 1.54) is 0 Å². The maximum absolute atomic E-state index is 12.7. The molecule has 1 fully saturated rings. The van der Waals surface area contributed by atoms with Crippen LogP contribution in [0.2, 0.25) is 18.1 Å². The second kappa shape index (κ2) is 6.24. The lowest BCUT2D eigenvalue weighted by Gasteiger charge is -2.49. The van der Waals surface area contributed by atoms with E-state index in [4.69, 9.17) is 4.43 Å². The van der Waals surface area contributed by atoms with Crippen LogP contribution in [0.3, 0.4) is 0 Å². The molecule has 2 aliphatic heterocycles. The molecule has 130 valence electrons. The number of carbonyl (C=O) groups is 2. The van der Waals surface area contributed by atoms with Gasteiger partial charge in [0.15, 0.2) is 8.32 Å². The van der Waals surface area contributed by atoms with Crippen molar-refractivity contribution in [2.75, 3.05) is 0 Å². The van der Waals surface area contributed by atoms with Crippen LogP contribution < -0.4 is 0 Å². The van der Waals surface area contributed by atoms with Crippen molar-refractivity contribution in [1.82, 2.24) is 4.90 Å². The minimum atomic E-state index is -1.94. The van der Waals surface area contributed by atoms with Crippen LogP contribution in [0.1, 0.15) is 41.0 Å². The number of allylic oxidation sites excluding steroid dienone is 1. The SMILES string of the molecule is CC[C@H](O[Si](C)(C)C(C)(C)C)[C@@H]1C(=O)N2C(C(=O)S)=C(C)S[C@H]12. The molecule has 0 bridgehead atoms. The number of rotatable bonds is 5. The third-order valence-electron chi connectivity index (χ3n) is 5.21. The molecule has 2 heterocycles. The molecule has 2 aliphatic rings. The van der Waals surface area contributed by atoms with E-state index in [0.717, 1.165) is 11.3 Å². The first kappa shape index (κ1) is 19.1. The van der Waals surface area contributed by atoms with Crippen LogP contribution in [0.15, 0.2) is 10.6 Å². The first-order valence-electron chi connectivity index (χ1n) is 8.04. The zero-order valence-electron chi connectivity index (χ0n) is 15.0. The average Bonchev–Trinajstić information content (AvgIpc) is 2.70. The Morgan fingerprint density at radius 2 is 2.00 bits per heavy atom.